The van der Waals surface area contributed by atoms with Crippen LogP contribution in [0.4, 0.5) is 5.82 Å². The van der Waals surface area contributed by atoms with Crippen molar-refractivity contribution in [1.82, 2.24) is 4.68 Å². The molecule has 1 heterocycles. The highest BCUT2D eigenvalue weighted by atomic mass is 15.4. The Hall–Kier alpha value is -4.74. The average Bonchev–Trinajstić information content (AvgIpc) is 3.15. The second-order valence-electron chi connectivity index (χ2n) is 6.65. The standard InChI is InChI=1S/C26H17N5/c27-16-23-24(17-28)26(29-18-20-10-4-1-5-11-20)31(25(23)22-14-8-3-9-15-22)30-19-21-12-6-2-7-13-21/h1-15,18-19H. The molecule has 0 aliphatic rings. The lowest BCUT2D eigenvalue weighted by Crippen LogP contribution is -1.95. The number of hydrogen-bond acceptors (Lipinski definition) is 4. The van der Waals surface area contributed by atoms with Gasteiger partial charge in [0, 0.05) is 11.8 Å². The third-order valence-electron chi connectivity index (χ3n) is 4.65. The lowest BCUT2D eigenvalue weighted by Gasteiger charge is -2.06. The number of aliphatic imine (C=N–C) groups is 1. The molecular weight excluding hydrogens is 382 g/mol. The van der Waals surface area contributed by atoms with Crippen LogP contribution in [0, 0.1) is 22.7 Å². The lowest BCUT2D eigenvalue weighted by atomic mass is 10.1. The maximum atomic E-state index is 9.88. The minimum absolute atomic E-state index is 0.193. The van der Waals surface area contributed by atoms with Crippen LogP contribution in [0.15, 0.2) is 101 Å². The first-order chi connectivity index (χ1) is 15.3. The molecule has 0 saturated heterocycles. The zero-order valence-corrected chi connectivity index (χ0v) is 16.6. The van der Waals surface area contributed by atoms with Gasteiger partial charge in [-0.3, -0.25) is 0 Å². The van der Waals surface area contributed by atoms with Crippen molar-refractivity contribution in [2.24, 2.45) is 10.1 Å². The molecular formula is C26H17N5. The van der Waals surface area contributed by atoms with Gasteiger partial charge in [-0.05, 0) is 11.1 Å². The molecule has 0 atom stereocenters. The van der Waals surface area contributed by atoms with E-state index in [4.69, 9.17) is 0 Å². The summed E-state index contributed by atoms with van der Waals surface area (Å²) in [5.74, 6) is 0.314. The molecule has 0 aliphatic heterocycles. The predicted octanol–water partition coefficient (Wildman–Crippen LogP) is 5.53. The molecule has 0 aliphatic carbocycles. The predicted molar refractivity (Wildman–Crippen MR) is 122 cm³/mol. The molecule has 0 N–H and O–H groups in total. The highest BCUT2D eigenvalue weighted by molar-refractivity contribution is 5.86. The van der Waals surface area contributed by atoms with Crippen molar-refractivity contribution < 1.29 is 0 Å². The van der Waals surface area contributed by atoms with Gasteiger partial charge in [-0.25, -0.2) is 9.67 Å². The maximum absolute atomic E-state index is 9.88. The van der Waals surface area contributed by atoms with E-state index in [-0.39, 0.29) is 11.1 Å². The fourth-order valence-electron chi connectivity index (χ4n) is 3.20. The molecule has 0 radical (unpaired) electrons. The third kappa shape index (κ3) is 4.17. The van der Waals surface area contributed by atoms with Crippen LogP contribution >= 0.6 is 0 Å². The number of hydrogen-bond donors (Lipinski definition) is 0. The van der Waals surface area contributed by atoms with Gasteiger partial charge < -0.3 is 0 Å². The van der Waals surface area contributed by atoms with Crippen molar-refractivity contribution in [2.45, 2.75) is 0 Å². The monoisotopic (exact) mass is 399 g/mol. The minimum Gasteiger partial charge on any atom is -0.235 e. The molecule has 0 saturated carbocycles. The summed E-state index contributed by atoms with van der Waals surface area (Å²) in [5.41, 5.74) is 3.53. The Morgan fingerprint density at radius 3 is 1.71 bits per heavy atom. The van der Waals surface area contributed by atoms with E-state index in [0.29, 0.717) is 11.5 Å². The van der Waals surface area contributed by atoms with E-state index in [2.05, 4.69) is 22.2 Å². The first kappa shape index (κ1) is 19.6. The van der Waals surface area contributed by atoms with Crippen molar-refractivity contribution in [3.05, 3.63) is 113 Å². The van der Waals surface area contributed by atoms with E-state index in [1.165, 1.54) is 0 Å². The minimum atomic E-state index is 0.193. The van der Waals surface area contributed by atoms with Crippen LogP contribution in [0.2, 0.25) is 0 Å². The van der Waals surface area contributed by atoms with Gasteiger partial charge in [0.05, 0.1) is 11.9 Å². The van der Waals surface area contributed by atoms with Crippen LogP contribution in [0.3, 0.4) is 0 Å². The Morgan fingerprint density at radius 1 is 0.645 bits per heavy atom. The second-order valence-corrected chi connectivity index (χ2v) is 6.65. The summed E-state index contributed by atoms with van der Waals surface area (Å²) < 4.78 is 1.57. The first-order valence-electron chi connectivity index (χ1n) is 9.64. The molecule has 1 aromatic heterocycles. The van der Waals surface area contributed by atoms with E-state index in [1.807, 2.05) is 91.0 Å². The number of nitriles is 2. The number of benzene rings is 3. The molecule has 0 spiro atoms. The van der Waals surface area contributed by atoms with Gasteiger partial charge in [-0.2, -0.15) is 15.6 Å². The average molecular weight is 399 g/mol. The quantitative estimate of drug-likeness (QED) is 0.414. The molecule has 5 heteroatoms. The summed E-state index contributed by atoms with van der Waals surface area (Å²) in [5, 5.41) is 24.4. The van der Waals surface area contributed by atoms with Crippen LogP contribution < -0.4 is 0 Å². The Morgan fingerprint density at radius 2 is 1.16 bits per heavy atom. The molecule has 4 aromatic rings. The van der Waals surface area contributed by atoms with Crippen molar-refractivity contribution in [1.29, 1.82) is 10.5 Å². The molecule has 5 nitrogen and oxygen atoms in total. The van der Waals surface area contributed by atoms with E-state index in [0.717, 1.165) is 16.7 Å². The van der Waals surface area contributed by atoms with Gasteiger partial charge in [-0.15, -0.1) is 0 Å². The molecule has 0 bridgehead atoms. The summed E-state index contributed by atoms with van der Waals surface area (Å²) >= 11 is 0. The third-order valence-corrected chi connectivity index (χ3v) is 4.65. The van der Waals surface area contributed by atoms with Gasteiger partial charge in [0.2, 0.25) is 0 Å². The largest absolute Gasteiger partial charge is 0.235 e. The lowest BCUT2D eigenvalue weighted by molar-refractivity contribution is 0.901. The molecule has 31 heavy (non-hydrogen) atoms. The van der Waals surface area contributed by atoms with Crippen molar-refractivity contribution in [3.63, 3.8) is 0 Å². The molecule has 0 amide bonds. The second kappa shape index (κ2) is 9.17. The van der Waals surface area contributed by atoms with Crippen LogP contribution in [-0.4, -0.2) is 17.1 Å². The summed E-state index contributed by atoms with van der Waals surface area (Å²) in [6, 6.07) is 33.0. The first-order valence-corrected chi connectivity index (χ1v) is 9.64. The molecule has 4 rings (SSSR count). The van der Waals surface area contributed by atoms with Gasteiger partial charge in [0.25, 0.3) is 0 Å². The van der Waals surface area contributed by atoms with Crippen molar-refractivity contribution >= 4 is 18.2 Å². The topological polar surface area (TPSA) is 77.2 Å². The number of nitrogens with zero attached hydrogens (tertiary/aromatic N) is 5. The zero-order valence-electron chi connectivity index (χ0n) is 16.6. The van der Waals surface area contributed by atoms with Crippen LogP contribution in [-0.2, 0) is 0 Å². The summed E-state index contributed by atoms with van der Waals surface area (Å²) in [6.07, 6.45) is 3.36. The molecule has 146 valence electrons. The van der Waals surface area contributed by atoms with E-state index < -0.39 is 0 Å². The Bertz CT molecular complexity index is 1320. The smallest absolute Gasteiger partial charge is 0.173 e. The van der Waals surface area contributed by atoms with Gasteiger partial charge in [0.15, 0.2) is 5.82 Å². The Balaban J connectivity index is 1.95. The van der Waals surface area contributed by atoms with Gasteiger partial charge in [-0.1, -0.05) is 91.0 Å². The Labute approximate surface area is 180 Å². The summed E-state index contributed by atoms with van der Waals surface area (Å²) in [7, 11) is 0. The van der Waals surface area contributed by atoms with Crippen molar-refractivity contribution in [2.75, 3.05) is 0 Å². The van der Waals surface area contributed by atoms with Crippen LogP contribution in [0.5, 0.6) is 0 Å². The van der Waals surface area contributed by atoms with E-state index in [9.17, 15) is 10.5 Å². The Kier molecular flexibility index (Phi) is 5.79. The van der Waals surface area contributed by atoms with E-state index >= 15 is 0 Å². The zero-order chi connectivity index (χ0) is 21.5. The summed E-state index contributed by atoms with van der Waals surface area (Å²) in [4.78, 5) is 4.56. The fourth-order valence-corrected chi connectivity index (χ4v) is 3.20. The molecule has 3 aromatic carbocycles. The highest BCUT2D eigenvalue weighted by Crippen LogP contribution is 2.36. The van der Waals surface area contributed by atoms with Gasteiger partial charge >= 0.3 is 0 Å². The summed E-state index contributed by atoms with van der Waals surface area (Å²) in [6.45, 7) is 0. The molecule has 0 fully saturated rings. The van der Waals surface area contributed by atoms with Crippen molar-refractivity contribution in [3.8, 4) is 23.4 Å². The normalized spacial score (nSPS) is 10.9. The SMILES string of the molecule is N#Cc1c(C#N)c(-c2ccccc2)n(N=Cc2ccccc2)c1N=Cc1ccccc1. The number of aromatic nitrogens is 1. The molecule has 0 unspecified atom stereocenters. The van der Waals surface area contributed by atoms with Gasteiger partial charge in [0.1, 0.15) is 23.3 Å². The fraction of sp³-hybridized carbons (Fsp3) is 0. The number of rotatable bonds is 5. The van der Waals surface area contributed by atoms with Crippen LogP contribution in [0.1, 0.15) is 22.3 Å². The highest BCUT2D eigenvalue weighted by Gasteiger charge is 2.23. The maximum Gasteiger partial charge on any atom is 0.173 e. The van der Waals surface area contributed by atoms with Crippen LogP contribution in [0.25, 0.3) is 11.3 Å². The van der Waals surface area contributed by atoms with E-state index in [1.54, 1.807) is 17.1 Å².